The van der Waals surface area contributed by atoms with Crippen LogP contribution in [0, 0.1) is 26.0 Å². The van der Waals surface area contributed by atoms with Crippen molar-refractivity contribution in [2.45, 2.75) is 25.9 Å². The molecule has 0 unspecified atom stereocenters. The molecule has 0 aliphatic carbocycles. The lowest BCUT2D eigenvalue weighted by Gasteiger charge is -2.17. The number of hydrogen-bond acceptors (Lipinski definition) is 7. The van der Waals surface area contributed by atoms with Gasteiger partial charge in [-0.25, -0.2) is 0 Å². The summed E-state index contributed by atoms with van der Waals surface area (Å²) >= 11 is 0. The molecule has 0 saturated carbocycles. The second-order valence-electron chi connectivity index (χ2n) is 4.83. The van der Waals surface area contributed by atoms with Gasteiger partial charge in [0.05, 0.1) is 15.9 Å². The van der Waals surface area contributed by atoms with Gasteiger partial charge >= 0.3 is 5.69 Å². The summed E-state index contributed by atoms with van der Waals surface area (Å²) < 4.78 is 13.6. The average Bonchev–Trinajstić information content (AvgIpc) is 2.46. The van der Waals surface area contributed by atoms with E-state index < -0.39 is 56.6 Å². The van der Waals surface area contributed by atoms with Crippen LogP contribution in [0.25, 0.3) is 0 Å². The highest BCUT2D eigenvalue weighted by Crippen LogP contribution is 2.32. The second-order valence-corrected chi connectivity index (χ2v) is 4.83. The van der Waals surface area contributed by atoms with Crippen molar-refractivity contribution in [2.24, 2.45) is 5.73 Å². The predicted molar refractivity (Wildman–Crippen MR) is 79.6 cm³/mol. The molecule has 0 aliphatic rings. The number of amides is 2. The predicted octanol–water partition coefficient (Wildman–Crippen LogP) is 0.432. The summed E-state index contributed by atoms with van der Waals surface area (Å²) in [6.07, 6.45) is 0. The van der Waals surface area contributed by atoms with Gasteiger partial charge in [-0.15, -0.1) is 0 Å². The fourth-order valence-electron chi connectivity index (χ4n) is 1.67. The van der Waals surface area contributed by atoms with Crippen LogP contribution < -0.4 is 16.4 Å². The number of halogens is 1. The topological polar surface area (TPSA) is 170 Å². The Labute approximate surface area is 134 Å². The van der Waals surface area contributed by atoms with E-state index in [-0.39, 0.29) is 0 Å². The first-order valence-electron chi connectivity index (χ1n) is 6.53. The zero-order valence-electron chi connectivity index (χ0n) is 12.6. The summed E-state index contributed by atoms with van der Waals surface area (Å²) in [6.45, 7) is 2.63. The lowest BCUT2D eigenvalue weighted by Crippen LogP contribution is -2.47. The quantitative estimate of drug-likeness (QED) is 0.476. The minimum atomic E-state index is -1.30. The van der Waals surface area contributed by atoms with Crippen LogP contribution in [-0.4, -0.2) is 33.7 Å². The molecule has 0 saturated heterocycles. The molecule has 1 aromatic carbocycles. The summed E-state index contributed by atoms with van der Waals surface area (Å²) in [5.41, 5.74) is 2.73. The van der Waals surface area contributed by atoms with E-state index in [1.54, 1.807) is 0 Å². The molecule has 0 bridgehead atoms. The molecule has 0 fully saturated rings. The molecule has 0 aromatic heterocycles. The second kappa shape index (κ2) is 7.30. The Morgan fingerprint density at radius 1 is 1.12 bits per heavy atom. The van der Waals surface area contributed by atoms with E-state index in [0.717, 1.165) is 0 Å². The number of nitrogens with one attached hydrogen (secondary N) is 2. The Bertz CT molecular complexity index is 709. The molecule has 1 aromatic rings. The van der Waals surface area contributed by atoms with Gasteiger partial charge in [0, 0.05) is 6.07 Å². The number of nitrogens with two attached hydrogens (primary N) is 1. The Morgan fingerprint density at radius 3 is 2.12 bits per heavy atom. The van der Waals surface area contributed by atoms with Crippen LogP contribution in [-0.2, 0) is 9.59 Å². The van der Waals surface area contributed by atoms with Crippen molar-refractivity contribution in [1.82, 2.24) is 5.32 Å². The Kier molecular flexibility index (Phi) is 5.70. The number of rotatable bonds is 7. The van der Waals surface area contributed by atoms with E-state index in [0.29, 0.717) is 12.1 Å². The first kappa shape index (κ1) is 18.7. The van der Waals surface area contributed by atoms with Crippen LogP contribution in [0.1, 0.15) is 13.8 Å². The van der Waals surface area contributed by atoms with Crippen molar-refractivity contribution < 1.29 is 23.8 Å². The molecule has 24 heavy (non-hydrogen) atoms. The summed E-state index contributed by atoms with van der Waals surface area (Å²) in [6, 6.07) is -1.08. The number of anilines is 1. The number of benzene rings is 1. The van der Waals surface area contributed by atoms with Crippen molar-refractivity contribution in [3.8, 4) is 0 Å². The van der Waals surface area contributed by atoms with Crippen molar-refractivity contribution in [1.29, 1.82) is 0 Å². The normalized spacial score (nSPS) is 12.8. The van der Waals surface area contributed by atoms with Gasteiger partial charge < -0.3 is 16.4 Å². The number of nitro groups is 2. The van der Waals surface area contributed by atoms with Crippen LogP contribution in [0.15, 0.2) is 12.1 Å². The third-order valence-corrected chi connectivity index (χ3v) is 3.01. The Balaban J connectivity index is 3.07. The summed E-state index contributed by atoms with van der Waals surface area (Å²) in [4.78, 5) is 42.3. The zero-order chi connectivity index (χ0) is 18.6. The number of hydrogen-bond donors (Lipinski definition) is 3. The van der Waals surface area contributed by atoms with E-state index in [4.69, 9.17) is 5.73 Å². The molecule has 0 radical (unpaired) electrons. The lowest BCUT2D eigenvalue weighted by atomic mass is 10.2. The Morgan fingerprint density at radius 2 is 1.67 bits per heavy atom. The maximum atomic E-state index is 13.6. The largest absolute Gasteiger partial charge is 0.368 e. The number of carbonyl (C=O) groups is 2. The summed E-state index contributed by atoms with van der Waals surface area (Å²) in [5, 5.41) is 26.2. The smallest absolute Gasteiger partial charge is 0.311 e. The number of primary amides is 1. The maximum Gasteiger partial charge on any atom is 0.311 e. The first-order valence-corrected chi connectivity index (χ1v) is 6.53. The number of nitro benzene ring substituents is 2. The maximum absolute atomic E-state index is 13.6. The molecule has 11 nitrogen and oxygen atoms in total. The monoisotopic (exact) mass is 343 g/mol. The highest BCUT2D eigenvalue weighted by Gasteiger charge is 2.27. The van der Waals surface area contributed by atoms with E-state index >= 15 is 0 Å². The van der Waals surface area contributed by atoms with Crippen LogP contribution in [0.4, 0.5) is 21.5 Å². The lowest BCUT2D eigenvalue weighted by molar-refractivity contribution is -0.395. The molecular weight excluding hydrogens is 329 g/mol. The average molecular weight is 343 g/mol. The third-order valence-electron chi connectivity index (χ3n) is 3.01. The molecule has 130 valence electrons. The van der Waals surface area contributed by atoms with Crippen LogP contribution >= 0.6 is 0 Å². The van der Waals surface area contributed by atoms with Gasteiger partial charge in [0.15, 0.2) is 0 Å². The van der Waals surface area contributed by atoms with Gasteiger partial charge in [-0.05, 0) is 13.8 Å². The number of nitrogens with zero attached hydrogens (tertiary/aromatic N) is 2. The molecule has 0 aliphatic heterocycles. The number of carbonyl (C=O) groups excluding carboxylic acids is 2. The molecular formula is C12H14FN5O6. The van der Waals surface area contributed by atoms with Gasteiger partial charge in [0.2, 0.25) is 17.6 Å². The SMILES string of the molecule is C[C@H](NC(=O)[C@H](C)Nc1cc(F)c([N+](=O)[O-])cc1[N+](=O)[O-])C(N)=O. The van der Waals surface area contributed by atoms with E-state index in [1.165, 1.54) is 13.8 Å². The van der Waals surface area contributed by atoms with Gasteiger partial charge in [-0.1, -0.05) is 0 Å². The summed E-state index contributed by atoms with van der Waals surface area (Å²) in [7, 11) is 0. The third kappa shape index (κ3) is 4.34. The van der Waals surface area contributed by atoms with Crippen LogP contribution in [0.3, 0.4) is 0 Å². The van der Waals surface area contributed by atoms with Crippen molar-refractivity contribution in [2.75, 3.05) is 5.32 Å². The molecule has 2 amide bonds. The summed E-state index contributed by atoms with van der Waals surface area (Å²) in [5.74, 6) is -2.82. The van der Waals surface area contributed by atoms with Crippen LogP contribution in [0.5, 0.6) is 0 Å². The fraction of sp³-hybridized carbons (Fsp3) is 0.333. The van der Waals surface area contributed by atoms with E-state index in [9.17, 15) is 34.2 Å². The van der Waals surface area contributed by atoms with Crippen LogP contribution in [0.2, 0.25) is 0 Å². The Hall–Kier alpha value is -3.31. The van der Waals surface area contributed by atoms with Gasteiger partial charge in [0.1, 0.15) is 17.8 Å². The van der Waals surface area contributed by atoms with Gasteiger partial charge in [-0.2, -0.15) is 4.39 Å². The first-order chi connectivity index (χ1) is 11.0. The highest BCUT2D eigenvalue weighted by molar-refractivity contribution is 5.90. The molecule has 1 rings (SSSR count). The van der Waals surface area contributed by atoms with Crippen molar-refractivity contribution in [3.63, 3.8) is 0 Å². The van der Waals surface area contributed by atoms with Crippen molar-refractivity contribution in [3.05, 3.63) is 38.2 Å². The molecule has 12 heteroatoms. The minimum absolute atomic E-state index is 0.419. The molecule has 0 spiro atoms. The van der Waals surface area contributed by atoms with E-state index in [2.05, 4.69) is 10.6 Å². The van der Waals surface area contributed by atoms with Gasteiger partial charge in [0.25, 0.3) is 5.69 Å². The highest BCUT2D eigenvalue weighted by atomic mass is 19.1. The fourth-order valence-corrected chi connectivity index (χ4v) is 1.67. The standard InChI is InChI=1S/C12H14FN5O6/c1-5(11(14)19)16-12(20)6(2)15-8-3-7(13)9(17(21)22)4-10(8)18(23)24/h3-6,15H,1-2H3,(H2,14,19)(H,16,20)/t5-,6-/m0/s1. The van der Waals surface area contributed by atoms with E-state index in [1.807, 2.05) is 0 Å². The van der Waals surface area contributed by atoms with Crippen molar-refractivity contribution >= 4 is 28.9 Å². The minimum Gasteiger partial charge on any atom is -0.368 e. The molecule has 0 heterocycles. The zero-order valence-corrected chi connectivity index (χ0v) is 12.6. The molecule has 2 atom stereocenters. The molecule has 4 N–H and O–H groups in total. The van der Waals surface area contributed by atoms with Gasteiger partial charge in [-0.3, -0.25) is 29.8 Å².